The predicted octanol–water partition coefficient (Wildman–Crippen LogP) is 4.72. The molecule has 138 valence electrons. The van der Waals surface area contributed by atoms with Crippen molar-refractivity contribution in [2.45, 2.75) is 25.3 Å². The Hall–Kier alpha value is -2.72. The van der Waals surface area contributed by atoms with Crippen molar-refractivity contribution in [2.75, 3.05) is 7.05 Å². The molecule has 1 aliphatic rings. The minimum Gasteiger partial charge on any atom is -0.333 e. The number of hydrogen-bond acceptors (Lipinski definition) is 3. The molecule has 0 aliphatic heterocycles. The van der Waals surface area contributed by atoms with Crippen LogP contribution in [0.3, 0.4) is 0 Å². The van der Waals surface area contributed by atoms with Crippen LogP contribution in [-0.2, 0) is 6.42 Å². The molecule has 0 N–H and O–H groups in total. The van der Waals surface area contributed by atoms with Gasteiger partial charge in [0.05, 0.1) is 11.7 Å². The molecule has 0 radical (unpaired) electrons. The van der Waals surface area contributed by atoms with Gasteiger partial charge in [-0.3, -0.25) is 9.78 Å². The molecule has 1 unspecified atom stereocenters. The highest BCUT2D eigenvalue weighted by Gasteiger charge is 2.27. The average Bonchev–Trinajstić information content (AvgIpc) is 2.73. The number of carbonyl (C=O) groups excluding carboxylic acids is 1. The van der Waals surface area contributed by atoms with Crippen molar-refractivity contribution >= 4 is 18.3 Å². The van der Waals surface area contributed by atoms with Gasteiger partial charge in [0.1, 0.15) is 5.69 Å². The molecule has 0 saturated heterocycles. The van der Waals surface area contributed by atoms with Gasteiger partial charge in [0.25, 0.3) is 5.91 Å². The van der Waals surface area contributed by atoms with Crippen molar-refractivity contribution in [3.63, 3.8) is 0 Å². The summed E-state index contributed by atoms with van der Waals surface area (Å²) in [7, 11) is 1.88. The van der Waals surface area contributed by atoms with Gasteiger partial charge in [0.2, 0.25) is 0 Å². The first kappa shape index (κ1) is 19.1. The highest BCUT2D eigenvalue weighted by Crippen LogP contribution is 2.34. The molecule has 27 heavy (non-hydrogen) atoms. The standard InChI is InChI=1S/C22H21N3O.ClH/c1-25(21-11-4-7-16-6-2-3-8-18(16)21)22(26)20-10-5-9-19(24-20)17-12-14-23-15-13-17;/h2-3,5-6,8-10,12-15,21H,4,7,11H2,1H3;1H. The molecule has 3 aromatic rings. The maximum Gasteiger partial charge on any atom is 0.272 e. The molecule has 1 aliphatic carbocycles. The summed E-state index contributed by atoms with van der Waals surface area (Å²) in [5, 5.41) is 0. The van der Waals surface area contributed by atoms with Crippen molar-refractivity contribution in [3.8, 4) is 11.3 Å². The smallest absolute Gasteiger partial charge is 0.272 e. The fourth-order valence-corrected chi connectivity index (χ4v) is 3.69. The largest absolute Gasteiger partial charge is 0.333 e. The number of rotatable bonds is 3. The number of amides is 1. The maximum absolute atomic E-state index is 13.1. The Labute approximate surface area is 165 Å². The van der Waals surface area contributed by atoms with Gasteiger partial charge < -0.3 is 4.90 Å². The van der Waals surface area contributed by atoms with Crippen LogP contribution in [0.15, 0.2) is 67.0 Å². The summed E-state index contributed by atoms with van der Waals surface area (Å²) in [6.07, 6.45) is 6.64. The topological polar surface area (TPSA) is 46.1 Å². The lowest BCUT2D eigenvalue weighted by molar-refractivity contribution is 0.0709. The van der Waals surface area contributed by atoms with Crippen LogP contribution in [0, 0.1) is 0 Å². The number of nitrogens with zero attached hydrogens (tertiary/aromatic N) is 3. The molecule has 1 aromatic carbocycles. The van der Waals surface area contributed by atoms with Crippen molar-refractivity contribution in [1.29, 1.82) is 0 Å². The molecule has 0 bridgehead atoms. The van der Waals surface area contributed by atoms with Gasteiger partial charge in [0.15, 0.2) is 0 Å². The number of aryl methyl sites for hydroxylation is 1. The molecule has 4 nitrogen and oxygen atoms in total. The van der Waals surface area contributed by atoms with Gasteiger partial charge in [-0.15, -0.1) is 12.4 Å². The van der Waals surface area contributed by atoms with Crippen LogP contribution < -0.4 is 0 Å². The number of benzene rings is 1. The van der Waals surface area contributed by atoms with Crippen molar-refractivity contribution in [3.05, 3.63) is 83.8 Å². The maximum atomic E-state index is 13.1. The lowest BCUT2D eigenvalue weighted by Gasteiger charge is -2.33. The van der Waals surface area contributed by atoms with E-state index in [-0.39, 0.29) is 24.4 Å². The first-order valence-electron chi connectivity index (χ1n) is 8.96. The van der Waals surface area contributed by atoms with E-state index in [1.54, 1.807) is 18.5 Å². The molecule has 2 aromatic heterocycles. The molecule has 1 amide bonds. The van der Waals surface area contributed by atoms with E-state index in [1.807, 2.05) is 36.2 Å². The van der Waals surface area contributed by atoms with Gasteiger partial charge >= 0.3 is 0 Å². The Kier molecular flexibility index (Phi) is 5.87. The Morgan fingerprint density at radius 3 is 2.63 bits per heavy atom. The number of pyridine rings is 2. The summed E-state index contributed by atoms with van der Waals surface area (Å²) in [5.41, 5.74) is 4.84. The van der Waals surface area contributed by atoms with E-state index in [4.69, 9.17) is 0 Å². The second-order valence-electron chi connectivity index (χ2n) is 6.67. The molecular formula is C22H22ClN3O. The van der Waals surface area contributed by atoms with Crippen molar-refractivity contribution in [2.24, 2.45) is 0 Å². The van der Waals surface area contributed by atoms with Gasteiger partial charge in [-0.2, -0.15) is 0 Å². The van der Waals surface area contributed by atoms with E-state index in [1.165, 1.54) is 11.1 Å². The van der Waals surface area contributed by atoms with E-state index in [9.17, 15) is 4.79 Å². The third-order valence-electron chi connectivity index (χ3n) is 5.07. The highest BCUT2D eigenvalue weighted by molar-refractivity contribution is 5.93. The molecule has 0 fully saturated rings. The SMILES string of the molecule is CN(C(=O)c1cccc(-c2ccncc2)n1)C1CCCc2ccccc21.Cl. The molecule has 4 rings (SSSR count). The first-order chi connectivity index (χ1) is 12.7. The number of hydrogen-bond donors (Lipinski definition) is 0. The molecular weight excluding hydrogens is 358 g/mol. The van der Waals surface area contributed by atoms with Gasteiger partial charge in [-0.05, 0) is 54.7 Å². The van der Waals surface area contributed by atoms with E-state index in [2.05, 4.69) is 34.2 Å². The Bertz CT molecular complexity index is 930. The minimum atomic E-state index is -0.0393. The van der Waals surface area contributed by atoms with E-state index < -0.39 is 0 Å². The third kappa shape index (κ3) is 3.86. The third-order valence-corrected chi connectivity index (χ3v) is 5.07. The van der Waals surface area contributed by atoms with Crippen LogP contribution in [0.2, 0.25) is 0 Å². The second kappa shape index (κ2) is 8.31. The number of fused-ring (bicyclic) bond motifs is 1. The first-order valence-corrected chi connectivity index (χ1v) is 8.96. The molecule has 1 atom stereocenters. The van der Waals surface area contributed by atoms with Crippen LogP contribution in [0.4, 0.5) is 0 Å². The van der Waals surface area contributed by atoms with E-state index in [0.717, 1.165) is 30.5 Å². The van der Waals surface area contributed by atoms with Crippen LogP contribution in [-0.4, -0.2) is 27.8 Å². The van der Waals surface area contributed by atoms with Crippen LogP contribution in [0.5, 0.6) is 0 Å². The van der Waals surface area contributed by atoms with Crippen molar-refractivity contribution in [1.82, 2.24) is 14.9 Å². The zero-order valence-electron chi connectivity index (χ0n) is 15.2. The zero-order chi connectivity index (χ0) is 17.9. The quantitative estimate of drug-likeness (QED) is 0.661. The van der Waals surface area contributed by atoms with Crippen LogP contribution in [0.25, 0.3) is 11.3 Å². The fourth-order valence-electron chi connectivity index (χ4n) is 3.69. The molecule has 0 saturated carbocycles. The minimum absolute atomic E-state index is 0. The predicted molar refractivity (Wildman–Crippen MR) is 109 cm³/mol. The normalized spacial score (nSPS) is 15.4. The van der Waals surface area contributed by atoms with Crippen LogP contribution in [0.1, 0.15) is 40.5 Å². The molecule has 2 heterocycles. The summed E-state index contributed by atoms with van der Waals surface area (Å²) in [4.78, 5) is 23.6. The zero-order valence-corrected chi connectivity index (χ0v) is 16.0. The van der Waals surface area contributed by atoms with Gasteiger partial charge in [-0.1, -0.05) is 30.3 Å². The van der Waals surface area contributed by atoms with Crippen molar-refractivity contribution < 1.29 is 4.79 Å². The molecule has 0 spiro atoms. The number of carbonyl (C=O) groups is 1. The summed E-state index contributed by atoms with van der Waals surface area (Å²) in [5.74, 6) is -0.0393. The lowest BCUT2D eigenvalue weighted by Crippen LogP contribution is -2.33. The summed E-state index contributed by atoms with van der Waals surface area (Å²) >= 11 is 0. The second-order valence-corrected chi connectivity index (χ2v) is 6.67. The summed E-state index contributed by atoms with van der Waals surface area (Å²) in [6, 6.07) is 17.9. The molecule has 5 heteroatoms. The Morgan fingerprint density at radius 1 is 1.04 bits per heavy atom. The van der Waals surface area contributed by atoms with E-state index >= 15 is 0 Å². The summed E-state index contributed by atoms with van der Waals surface area (Å²) < 4.78 is 0. The fraction of sp³-hybridized carbons (Fsp3) is 0.227. The van der Waals surface area contributed by atoms with Gasteiger partial charge in [0, 0.05) is 25.0 Å². The van der Waals surface area contributed by atoms with Gasteiger partial charge in [-0.25, -0.2) is 4.98 Å². The number of aromatic nitrogens is 2. The van der Waals surface area contributed by atoms with E-state index in [0.29, 0.717) is 5.69 Å². The highest BCUT2D eigenvalue weighted by atomic mass is 35.5. The summed E-state index contributed by atoms with van der Waals surface area (Å²) in [6.45, 7) is 0. The Morgan fingerprint density at radius 2 is 1.81 bits per heavy atom. The lowest BCUT2D eigenvalue weighted by atomic mass is 9.87. The average molecular weight is 380 g/mol. The monoisotopic (exact) mass is 379 g/mol. The number of halogens is 1. The Balaban J connectivity index is 0.00000210. The van der Waals surface area contributed by atoms with Crippen LogP contribution >= 0.6 is 12.4 Å².